The Morgan fingerprint density at radius 1 is 1.15 bits per heavy atom. The van der Waals surface area contributed by atoms with Crippen molar-refractivity contribution in [2.24, 2.45) is 5.10 Å². The lowest BCUT2D eigenvalue weighted by Gasteiger charge is -2.34. The third kappa shape index (κ3) is 5.12. The number of nitrogens with zero attached hydrogens (tertiary/aromatic N) is 4. The molecule has 2 amide bonds. The summed E-state index contributed by atoms with van der Waals surface area (Å²) in [6, 6.07) is 10.00. The molecule has 0 unspecified atom stereocenters. The molecule has 1 saturated heterocycles. The molecule has 2 heterocycles. The Morgan fingerprint density at radius 2 is 1.88 bits per heavy atom. The van der Waals surface area contributed by atoms with E-state index >= 15 is 0 Å². The molecule has 0 spiro atoms. The fourth-order valence-electron chi connectivity index (χ4n) is 3.20. The number of hydrogen-bond donors (Lipinski definition) is 1. The second kappa shape index (κ2) is 8.91. The average Bonchev–Trinajstić information content (AvgIpc) is 2.67. The van der Waals surface area contributed by atoms with Crippen LogP contribution in [-0.2, 0) is 16.1 Å². The van der Waals surface area contributed by atoms with E-state index in [1.54, 1.807) is 0 Å². The molecule has 0 aromatic heterocycles. The van der Waals surface area contributed by atoms with Gasteiger partial charge in [0.15, 0.2) is 0 Å². The molecule has 7 nitrogen and oxygen atoms in total. The van der Waals surface area contributed by atoms with Crippen LogP contribution in [0.2, 0.25) is 0 Å². The summed E-state index contributed by atoms with van der Waals surface area (Å²) >= 11 is 0. The van der Waals surface area contributed by atoms with Gasteiger partial charge in [-0.25, -0.2) is 5.43 Å². The van der Waals surface area contributed by atoms with Crippen molar-refractivity contribution in [3.8, 4) is 0 Å². The van der Waals surface area contributed by atoms with E-state index < -0.39 is 0 Å². The van der Waals surface area contributed by atoms with Crippen LogP contribution in [0, 0.1) is 0 Å². The Morgan fingerprint density at radius 3 is 2.54 bits per heavy atom. The molecule has 0 bridgehead atoms. The summed E-state index contributed by atoms with van der Waals surface area (Å²) in [4.78, 5) is 30.8. The van der Waals surface area contributed by atoms with Crippen molar-refractivity contribution in [1.29, 1.82) is 0 Å². The van der Waals surface area contributed by atoms with Gasteiger partial charge < -0.3 is 9.80 Å². The number of likely N-dealkylation sites (N-methyl/N-ethyl adjacent to an activating group) is 1. The molecule has 0 radical (unpaired) electrons. The molecule has 7 heteroatoms. The lowest BCUT2D eigenvalue weighted by atomic mass is 10.1. The standard InChI is InChI=1S/C19H27N5O2/c1-22-9-11-23(12-10-22)13-14-24(15-16-5-3-2-4-6-16)19(26)17-7-8-18(25)21-20-17/h2-6H,7-15H2,1H3,(H,21,25). The molecule has 1 aromatic carbocycles. The smallest absolute Gasteiger partial charge is 0.270 e. The number of benzene rings is 1. The molecule has 0 saturated carbocycles. The van der Waals surface area contributed by atoms with E-state index in [9.17, 15) is 9.59 Å². The van der Waals surface area contributed by atoms with Crippen molar-refractivity contribution < 1.29 is 9.59 Å². The molecule has 1 aromatic rings. The van der Waals surface area contributed by atoms with Crippen LogP contribution in [0.5, 0.6) is 0 Å². The predicted octanol–water partition coefficient (Wildman–Crippen LogP) is 0.529. The number of carbonyl (C=O) groups is 2. The molecule has 26 heavy (non-hydrogen) atoms. The first-order chi connectivity index (χ1) is 12.6. The lowest BCUT2D eigenvalue weighted by molar-refractivity contribution is -0.125. The second-order valence-electron chi connectivity index (χ2n) is 6.95. The zero-order chi connectivity index (χ0) is 18.4. The SMILES string of the molecule is CN1CCN(CCN(Cc2ccccc2)C(=O)C2=NNC(=O)CC2)CC1. The molecule has 3 rings (SSSR count). The van der Waals surface area contributed by atoms with Crippen molar-refractivity contribution in [2.45, 2.75) is 19.4 Å². The van der Waals surface area contributed by atoms with Crippen LogP contribution in [0.3, 0.4) is 0 Å². The fraction of sp³-hybridized carbons (Fsp3) is 0.526. The Labute approximate surface area is 154 Å². The number of hydrogen-bond acceptors (Lipinski definition) is 5. The van der Waals surface area contributed by atoms with Gasteiger partial charge in [0.2, 0.25) is 5.91 Å². The average molecular weight is 357 g/mol. The number of hydrazone groups is 1. The van der Waals surface area contributed by atoms with E-state index in [1.165, 1.54) is 0 Å². The Balaban J connectivity index is 1.65. The molecule has 0 aliphatic carbocycles. The van der Waals surface area contributed by atoms with Gasteiger partial charge in [-0.15, -0.1) is 0 Å². The number of carbonyl (C=O) groups excluding carboxylic acids is 2. The minimum Gasteiger partial charge on any atom is -0.332 e. The van der Waals surface area contributed by atoms with Crippen LogP contribution in [0.25, 0.3) is 0 Å². The zero-order valence-electron chi connectivity index (χ0n) is 15.4. The van der Waals surface area contributed by atoms with Gasteiger partial charge in [-0.3, -0.25) is 14.5 Å². The number of rotatable bonds is 6. The number of nitrogens with one attached hydrogen (secondary N) is 1. The Hall–Kier alpha value is -2.25. The van der Waals surface area contributed by atoms with Crippen molar-refractivity contribution in [1.82, 2.24) is 20.1 Å². The van der Waals surface area contributed by atoms with Crippen molar-refractivity contribution in [2.75, 3.05) is 46.3 Å². The molecule has 140 valence electrons. The van der Waals surface area contributed by atoms with Crippen molar-refractivity contribution in [3.05, 3.63) is 35.9 Å². The van der Waals surface area contributed by atoms with Crippen LogP contribution in [-0.4, -0.2) is 78.5 Å². The minimum atomic E-state index is -0.131. The first-order valence-corrected chi connectivity index (χ1v) is 9.21. The quantitative estimate of drug-likeness (QED) is 0.806. The normalized spacial score (nSPS) is 19.0. The molecule has 0 atom stereocenters. The van der Waals surface area contributed by atoms with Crippen molar-refractivity contribution in [3.63, 3.8) is 0 Å². The molecule has 2 aliphatic rings. The Kier molecular flexibility index (Phi) is 6.35. The van der Waals surface area contributed by atoms with Crippen LogP contribution in [0.4, 0.5) is 0 Å². The molecule has 1 N–H and O–H groups in total. The third-order valence-electron chi connectivity index (χ3n) is 4.94. The number of amides is 2. The summed E-state index contributed by atoms with van der Waals surface area (Å²) in [5.41, 5.74) is 3.97. The largest absolute Gasteiger partial charge is 0.332 e. The van der Waals surface area contributed by atoms with Gasteiger partial charge in [0.05, 0.1) is 0 Å². The molecular weight excluding hydrogens is 330 g/mol. The highest BCUT2D eigenvalue weighted by molar-refractivity contribution is 6.39. The van der Waals surface area contributed by atoms with Gasteiger partial charge in [0.25, 0.3) is 5.91 Å². The highest BCUT2D eigenvalue weighted by Gasteiger charge is 2.24. The summed E-state index contributed by atoms with van der Waals surface area (Å²) in [5, 5.41) is 3.98. The van der Waals surface area contributed by atoms with Gasteiger partial charge in [0, 0.05) is 58.7 Å². The summed E-state index contributed by atoms with van der Waals surface area (Å²) in [5.74, 6) is -0.212. The zero-order valence-corrected chi connectivity index (χ0v) is 15.4. The first kappa shape index (κ1) is 18.5. The highest BCUT2D eigenvalue weighted by Crippen LogP contribution is 2.10. The summed E-state index contributed by atoms with van der Waals surface area (Å²) in [6.07, 6.45) is 0.729. The maximum atomic E-state index is 13.0. The predicted molar refractivity (Wildman–Crippen MR) is 101 cm³/mol. The lowest BCUT2D eigenvalue weighted by Crippen LogP contribution is -2.48. The van der Waals surface area contributed by atoms with Gasteiger partial charge >= 0.3 is 0 Å². The van der Waals surface area contributed by atoms with Crippen LogP contribution in [0.15, 0.2) is 35.4 Å². The van der Waals surface area contributed by atoms with Crippen LogP contribution >= 0.6 is 0 Å². The topological polar surface area (TPSA) is 68.2 Å². The molecular formula is C19H27N5O2. The van der Waals surface area contributed by atoms with E-state index in [2.05, 4.69) is 27.4 Å². The molecule has 2 aliphatic heterocycles. The number of piperazine rings is 1. The third-order valence-corrected chi connectivity index (χ3v) is 4.94. The van der Waals surface area contributed by atoms with Gasteiger partial charge in [-0.2, -0.15) is 5.10 Å². The second-order valence-corrected chi connectivity index (χ2v) is 6.95. The van der Waals surface area contributed by atoms with Gasteiger partial charge in [0.1, 0.15) is 5.71 Å². The summed E-state index contributed by atoms with van der Waals surface area (Å²) in [7, 11) is 2.14. The highest BCUT2D eigenvalue weighted by atomic mass is 16.2. The fourth-order valence-corrected chi connectivity index (χ4v) is 3.20. The van der Waals surface area contributed by atoms with E-state index in [0.29, 0.717) is 31.6 Å². The summed E-state index contributed by atoms with van der Waals surface area (Å²) < 4.78 is 0. The van der Waals surface area contributed by atoms with Gasteiger partial charge in [-0.05, 0) is 12.6 Å². The van der Waals surface area contributed by atoms with E-state index in [-0.39, 0.29) is 11.8 Å². The minimum absolute atomic E-state index is 0.0806. The van der Waals surface area contributed by atoms with Crippen LogP contribution in [0.1, 0.15) is 18.4 Å². The van der Waals surface area contributed by atoms with E-state index in [1.807, 2.05) is 35.2 Å². The van der Waals surface area contributed by atoms with Gasteiger partial charge in [-0.1, -0.05) is 30.3 Å². The maximum Gasteiger partial charge on any atom is 0.270 e. The summed E-state index contributed by atoms with van der Waals surface area (Å²) in [6.45, 7) is 6.25. The Bertz CT molecular complexity index is 653. The van der Waals surface area contributed by atoms with E-state index in [0.717, 1.165) is 38.3 Å². The first-order valence-electron chi connectivity index (χ1n) is 9.21. The monoisotopic (exact) mass is 357 g/mol. The van der Waals surface area contributed by atoms with Crippen molar-refractivity contribution >= 4 is 17.5 Å². The van der Waals surface area contributed by atoms with Crippen LogP contribution < -0.4 is 5.43 Å². The van der Waals surface area contributed by atoms with E-state index in [4.69, 9.17) is 0 Å². The molecule has 1 fully saturated rings. The maximum absolute atomic E-state index is 13.0.